The van der Waals surface area contributed by atoms with E-state index in [0.29, 0.717) is 13.1 Å². The lowest BCUT2D eigenvalue weighted by atomic mass is 10.2. The molecule has 0 saturated heterocycles. The van der Waals surface area contributed by atoms with Crippen LogP contribution in [-0.4, -0.2) is 32.2 Å². The molecule has 23 heavy (non-hydrogen) atoms. The maximum absolute atomic E-state index is 12.4. The Hall–Kier alpha value is -1.41. The van der Waals surface area contributed by atoms with E-state index >= 15 is 0 Å². The van der Waals surface area contributed by atoms with Gasteiger partial charge in [0.15, 0.2) is 0 Å². The predicted molar refractivity (Wildman–Crippen MR) is 92.5 cm³/mol. The van der Waals surface area contributed by atoms with Gasteiger partial charge in [0.2, 0.25) is 5.91 Å². The molecule has 3 rings (SSSR count). The Morgan fingerprint density at radius 1 is 1.39 bits per heavy atom. The van der Waals surface area contributed by atoms with E-state index < -0.39 is 0 Å². The number of halogens is 1. The van der Waals surface area contributed by atoms with Crippen LogP contribution in [0, 0.1) is 0 Å². The minimum Gasteiger partial charge on any atom is -0.339 e. The summed E-state index contributed by atoms with van der Waals surface area (Å²) in [5.41, 5.74) is -0.164. The largest absolute Gasteiger partial charge is 0.346 e. The van der Waals surface area contributed by atoms with Crippen LogP contribution in [-0.2, 0) is 30.8 Å². The molecule has 0 aliphatic carbocycles. The van der Waals surface area contributed by atoms with Crippen molar-refractivity contribution in [2.24, 2.45) is 0 Å². The molecule has 0 aromatic carbocycles. The smallest absolute Gasteiger partial charge is 0.339 e. The van der Waals surface area contributed by atoms with Crippen molar-refractivity contribution in [2.75, 3.05) is 7.05 Å². The van der Waals surface area contributed by atoms with E-state index in [-0.39, 0.29) is 18.1 Å². The SMILES string of the molecule is CN(Cc1ccc(Br)s1)C(=O)Cn1nc2n(c1=O)CCCCC2. The molecular weight excluding hydrogens is 380 g/mol. The summed E-state index contributed by atoms with van der Waals surface area (Å²) in [5, 5.41) is 4.36. The van der Waals surface area contributed by atoms with Crippen LogP contribution in [0.25, 0.3) is 0 Å². The van der Waals surface area contributed by atoms with Gasteiger partial charge in [0, 0.05) is 24.9 Å². The van der Waals surface area contributed by atoms with Gasteiger partial charge in [-0.05, 0) is 40.9 Å². The van der Waals surface area contributed by atoms with Gasteiger partial charge < -0.3 is 4.90 Å². The van der Waals surface area contributed by atoms with Crippen LogP contribution >= 0.6 is 27.3 Å². The van der Waals surface area contributed by atoms with Crippen molar-refractivity contribution in [1.29, 1.82) is 0 Å². The third-order valence-electron chi connectivity index (χ3n) is 4.01. The molecule has 0 radical (unpaired) electrons. The van der Waals surface area contributed by atoms with E-state index in [4.69, 9.17) is 0 Å². The highest BCUT2D eigenvalue weighted by atomic mass is 79.9. The molecule has 2 aromatic rings. The lowest BCUT2D eigenvalue weighted by Gasteiger charge is -2.15. The molecule has 0 saturated carbocycles. The van der Waals surface area contributed by atoms with E-state index in [2.05, 4.69) is 21.0 Å². The van der Waals surface area contributed by atoms with E-state index in [1.54, 1.807) is 27.9 Å². The average Bonchev–Trinajstić information content (AvgIpc) is 2.94. The molecule has 1 aliphatic heterocycles. The van der Waals surface area contributed by atoms with Crippen molar-refractivity contribution >= 4 is 33.2 Å². The number of aryl methyl sites for hydroxylation is 1. The van der Waals surface area contributed by atoms with Crippen LogP contribution in [0.1, 0.15) is 30.0 Å². The van der Waals surface area contributed by atoms with Crippen LogP contribution in [0.4, 0.5) is 0 Å². The van der Waals surface area contributed by atoms with Gasteiger partial charge in [-0.15, -0.1) is 11.3 Å². The first-order valence-electron chi connectivity index (χ1n) is 7.69. The molecule has 0 unspecified atom stereocenters. The zero-order valence-electron chi connectivity index (χ0n) is 13.0. The zero-order chi connectivity index (χ0) is 16.4. The Morgan fingerprint density at radius 3 is 2.96 bits per heavy atom. The van der Waals surface area contributed by atoms with Crippen molar-refractivity contribution in [2.45, 2.75) is 45.3 Å². The fourth-order valence-corrected chi connectivity index (χ4v) is 4.27. The Morgan fingerprint density at radius 2 is 2.22 bits per heavy atom. The first-order chi connectivity index (χ1) is 11.0. The fraction of sp³-hybridized carbons (Fsp3) is 0.533. The highest BCUT2D eigenvalue weighted by Crippen LogP contribution is 2.23. The number of carbonyl (C=O) groups excluding carboxylic acids is 1. The zero-order valence-corrected chi connectivity index (χ0v) is 15.4. The molecule has 0 spiro atoms. The number of hydrogen-bond donors (Lipinski definition) is 0. The molecule has 124 valence electrons. The number of rotatable bonds is 4. The molecule has 0 N–H and O–H groups in total. The van der Waals surface area contributed by atoms with Crippen molar-refractivity contribution < 1.29 is 4.79 Å². The van der Waals surface area contributed by atoms with Crippen molar-refractivity contribution in [1.82, 2.24) is 19.2 Å². The molecule has 1 aliphatic rings. The molecule has 6 nitrogen and oxygen atoms in total. The topological polar surface area (TPSA) is 60.1 Å². The van der Waals surface area contributed by atoms with Gasteiger partial charge in [-0.3, -0.25) is 9.36 Å². The summed E-state index contributed by atoms with van der Waals surface area (Å²) in [6.45, 7) is 1.25. The second kappa shape index (κ2) is 7.00. The van der Waals surface area contributed by atoms with Crippen molar-refractivity contribution in [3.63, 3.8) is 0 Å². The van der Waals surface area contributed by atoms with Crippen LogP contribution in [0.5, 0.6) is 0 Å². The van der Waals surface area contributed by atoms with Gasteiger partial charge in [0.1, 0.15) is 12.4 Å². The van der Waals surface area contributed by atoms with Gasteiger partial charge in [-0.25, -0.2) is 9.48 Å². The van der Waals surface area contributed by atoms with Gasteiger partial charge in [-0.2, -0.15) is 5.10 Å². The Kier molecular flexibility index (Phi) is 5.01. The molecule has 0 atom stereocenters. The standard InChI is InChI=1S/C15H19BrN4O2S/c1-18(9-11-6-7-12(16)23-11)14(21)10-20-15(22)19-8-4-2-3-5-13(19)17-20/h6-7H,2-5,8-10H2,1H3. The van der Waals surface area contributed by atoms with Crippen LogP contribution in [0.15, 0.2) is 20.7 Å². The third kappa shape index (κ3) is 3.74. The fourth-order valence-electron chi connectivity index (χ4n) is 2.74. The second-order valence-corrected chi connectivity index (χ2v) is 8.32. The van der Waals surface area contributed by atoms with E-state index in [1.807, 2.05) is 12.1 Å². The molecule has 8 heteroatoms. The van der Waals surface area contributed by atoms with Gasteiger partial charge in [0.25, 0.3) is 0 Å². The van der Waals surface area contributed by atoms with Gasteiger partial charge in [0.05, 0.1) is 10.3 Å². The lowest BCUT2D eigenvalue weighted by Crippen LogP contribution is -2.34. The summed E-state index contributed by atoms with van der Waals surface area (Å²) in [7, 11) is 1.75. The van der Waals surface area contributed by atoms with E-state index in [9.17, 15) is 9.59 Å². The first-order valence-corrected chi connectivity index (χ1v) is 9.30. The number of hydrogen-bond acceptors (Lipinski definition) is 4. The van der Waals surface area contributed by atoms with Gasteiger partial charge >= 0.3 is 5.69 Å². The highest BCUT2D eigenvalue weighted by molar-refractivity contribution is 9.11. The number of likely N-dealkylation sites (N-methyl/N-ethyl adjacent to an activating group) is 1. The number of amides is 1. The van der Waals surface area contributed by atoms with Crippen LogP contribution in [0.2, 0.25) is 0 Å². The normalized spacial score (nSPS) is 14.3. The summed E-state index contributed by atoms with van der Waals surface area (Å²) in [6, 6.07) is 3.96. The molecule has 1 amide bonds. The minimum atomic E-state index is -0.164. The maximum Gasteiger partial charge on any atom is 0.346 e. The molecule has 2 aromatic heterocycles. The summed E-state index contributed by atoms with van der Waals surface area (Å²) >= 11 is 5.02. The Bertz CT molecular complexity index is 764. The first kappa shape index (κ1) is 16.4. The van der Waals surface area contributed by atoms with E-state index in [0.717, 1.165) is 40.2 Å². The second-order valence-electron chi connectivity index (χ2n) is 5.77. The predicted octanol–water partition coefficient (Wildman–Crippen LogP) is 2.25. The quantitative estimate of drug-likeness (QED) is 0.793. The van der Waals surface area contributed by atoms with Crippen molar-refractivity contribution in [3.8, 4) is 0 Å². The maximum atomic E-state index is 12.4. The summed E-state index contributed by atoms with van der Waals surface area (Å²) in [4.78, 5) is 27.5. The Balaban J connectivity index is 1.69. The summed E-state index contributed by atoms with van der Waals surface area (Å²) in [5.74, 6) is 0.704. The molecular formula is C15H19BrN4O2S. The summed E-state index contributed by atoms with van der Waals surface area (Å²) in [6.07, 6.45) is 3.99. The number of aromatic nitrogens is 3. The average molecular weight is 399 g/mol. The van der Waals surface area contributed by atoms with Crippen molar-refractivity contribution in [3.05, 3.63) is 37.1 Å². The number of nitrogens with zero attached hydrogens (tertiary/aromatic N) is 4. The lowest BCUT2D eigenvalue weighted by molar-refractivity contribution is -0.131. The summed E-state index contributed by atoms with van der Waals surface area (Å²) < 4.78 is 4.07. The molecule has 0 bridgehead atoms. The van der Waals surface area contributed by atoms with Crippen LogP contribution in [0.3, 0.4) is 0 Å². The number of thiophene rings is 1. The van der Waals surface area contributed by atoms with Gasteiger partial charge in [-0.1, -0.05) is 6.42 Å². The monoisotopic (exact) mass is 398 g/mol. The minimum absolute atomic E-state index is 0.00186. The number of carbonyl (C=O) groups is 1. The third-order valence-corrected chi connectivity index (χ3v) is 5.62. The van der Waals surface area contributed by atoms with Crippen LogP contribution < -0.4 is 5.69 Å². The molecule has 0 fully saturated rings. The molecule has 3 heterocycles. The number of fused-ring (bicyclic) bond motifs is 1. The van der Waals surface area contributed by atoms with E-state index in [1.165, 1.54) is 4.68 Å². The highest BCUT2D eigenvalue weighted by Gasteiger charge is 2.19. The Labute approximate surface area is 146 Å².